The van der Waals surface area contributed by atoms with Crippen molar-refractivity contribution in [2.75, 3.05) is 23.7 Å². The van der Waals surface area contributed by atoms with Gasteiger partial charge in [-0.1, -0.05) is 13.8 Å². The van der Waals surface area contributed by atoms with Crippen molar-refractivity contribution < 1.29 is 4.92 Å². The SMILES string of the molecule is CCCN(CCC)c1nc(N)ccc1[N+](=O)[O-]. The van der Waals surface area contributed by atoms with E-state index in [4.69, 9.17) is 5.73 Å². The van der Waals surface area contributed by atoms with Gasteiger partial charge in [0.15, 0.2) is 0 Å². The molecule has 0 bridgehead atoms. The number of hydrogen-bond donors (Lipinski definition) is 1. The molecule has 0 aliphatic rings. The van der Waals surface area contributed by atoms with Gasteiger partial charge in [-0.2, -0.15) is 0 Å². The Balaban J connectivity index is 3.14. The minimum absolute atomic E-state index is 0.0149. The lowest BCUT2D eigenvalue weighted by Gasteiger charge is -2.22. The highest BCUT2D eigenvalue weighted by atomic mass is 16.6. The molecule has 6 nitrogen and oxygen atoms in total. The van der Waals surface area contributed by atoms with Gasteiger partial charge in [-0.15, -0.1) is 0 Å². The van der Waals surface area contributed by atoms with Crippen LogP contribution in [0, 0.1) is 10.1 Å². The van der Waals surface area contributed by atoms with Crippen LogP contribution in [0.3, 0.4) is 0 Å². The molecular weight excluding hydrogens is 220 g/mol. The number of rotatable bonds is 6. The van der Waals surface area contributed by atoms with Crippen molar-refractivity contribution in [2.45, 2.75) is 26.7 Å². The van der Waals surface area contributed by atoms with Crippen LogP contribution in [0.15, 0.2) is 12.1 Å². The Kier molecular flexibility index (Phi) is 4.68. The van der Waals surface area contributed by atoms with Crippen LogP contribution >= 0.6 is 0 Å². The van der Waals surface area contributed by atoms with E-state index in [9.17, 15) is 10.1 Å². The summed E-state index contributed by atoms with van der Waals surface area (Å²) in [4.78, 5) is 16.5. The second-order valence-electron chi connectivity index (χ2n) is 3.82. The second-order valence-corrected chi connectivity index (χ2v) is 3.82. The van der Waals surface area contributed by atoms with Crippen LogP contribution < -0.4 is 10.6 Å². The molecule has 0 radical (unpaired) electrons. The standard InChI is InChI=1S/C11H18N4O2/c1-3-7-14(8-4-2)11-9(15(16)17)5-6-10(12)13-11/h5-6H,3-4,7-8H2,1-2H3,(H2,12,13). The fourth-order valence-electron chi connectivity index (χ4n) is 1.69. The summed E-state index contributed by atoms with van der Waals surface area (Å²) in [5.41, 5.74) is 5.61. The minimum Gasteiger partial charge on any atom is -0.384 e. The molecule has 2 N–H and O–H groups in total. The molecule has 1 rings (SSSR count). The van der Waals surface area contributed by atoms with E-state index in [2.05, 4.69) is 4.98 Å². The lowest BCUT2D eigenvalue weighted by molar-refractivity contribution is -0.384. The maximum atomic E-state index is 10.9. The molecular formula is C11H18N4O2. The Hall–Kier alpha value is -1.85. The van der Waals surface area contributed by atoms with Crippen LogP contribution in [0.5, 0.6) is 0 Å². The van der Waals surface area contributed by atoms with E-state index in [1.54, 1.807) is 0 Å². The highest BCUT2D eigenvalue weighted by molar-refractivity contribution is 5.60. The van der Waals surface area contributed by atoms with Gasteiger partial charge in [0.1, 0.15) is 5.82 Å². The van der Waals surface area contributed by atoms with Gasteiger partial charge in [0.05, 0.1) is 4.92 Å². The Morgan fingerprint density at radius 1 is 1.35 bits per heavy atom. The molecule has 0 fully saturated rings. The maximum Gasteiger partial charge on any atom is 0.311 e. The summed E-state index contributed by atoms with van der Waals surface area (Å²) in [7, 11) is 0. The molecule has 0 aromatic carbocycles. The number of aromatic nitrogens is 1. The number of nitrogen functional groups attached to an aromatic ring is 1. The monoisotopic (exact) mass is 238 g/mol. The first-order valence-corrected chi connectivity index (χ1v) is 5.76. The van der Waals surface area contributed by atoms with Gasteiger partial charge in [-0.25, -0.2) is 4.98 Å². The molecule has 6 heteroatoms. The van der Waals surface area contributed by atoms with Crippen LogP contribution in [0.2, 0.25) is 0 Å². The van der Waals surface area contributed by atoms with Crippen molar-refractivity contribution in [3.8, 4) is 0 Å². The fraction of sp³-hybridized carbons (Fsp3) is 0.545. The lowest BCUT2D eigenvalue weighted by Crippen LogP contribution is -2.27. The molecule has 0 spiro atoms. The molecule has 17 heavy (non-hydrogen) atoms. The molecule has 0 saturated carbocycles. The molecule has 0 amide bonds. The van der Waals surface area contributed by atoms with E-state index in [1.807, 2.05) is 18.7 Å². The van der Waals surface area contributed by atoms with Crippen molar-refractivity contribution in [3.63, 3.8) is 0 Å². The summed E-state index contributed by atoms with van der Waals surface area (Å²) in [5.74, 6) is 0.682. The number of nitrogens with zero attached hydrogens (tertiary/aromatic N) is 3. The smallest absolute Gasteiger partial charge is 0.311 e. The quantitative estimate of drug-likeness (QED) is 0.606. The third-order valence-corrected chi connectivity index (χ3v) is 2.36. The van der Waals surface area contributed by atoms with Gasteiger partial charge in [-0.05, 0) is 18.9 Å². The average molecular weight is 238 g/mol. The Morgan fingerprint density at radius 3 is 2.41 bits per heavy atom. The predicted octanol–water partition coefficient (Wildman–Crippen LogP) is 2.20. The number of nitro groups is 1. The van der Waals surface area contributed by atoms with E-state index in [0.29, 0.717) is 11.6 Å². The van der Waals surface area contributed by atoms with Crippen molar-refractivity contribution in [1.82, 2.24) is 4.98 Å². The van der Waals surface area contributed by atoms with Crippen molar-refractivity contribution >= 4 is 17.3 Å². The molecule has 0 aliphatic carbocycles. The first-order valence-electron chi connectivity index (χ1n) is 5.76. The normalized spacial score (nSPS) is 10.2. The summed E-state index contributed by atoms with van der Waals surface area (Å²) in [5, 5.41) is 10.9. The van der Waals surface area contributed by atoms with Gasteiger partial charge >= 0.3 is 5.69 Å². The Labute approximate surface area is 101 Å². The van der Waals surface area contributed by atoms with Crippen LogP contribution in [-0.4, -0.2) is 23.0 Å². The summed E-state index contributed by atoms with van der Waals surface area (Å²) in [6, 6.07) is 2.87. The summed E-state index contributed by atoms with van der Waals surface area (Å²) in [6.45, 7) is 5.54. The molecule has 1 aromatic heterocycles. The van der Waals surface area contributed by atoms with E-state index in [1.165, 1.54) is 12.1 Å². The third kappa shape index (κ3) is 3.30. The topological polar surface area (TPSA) is 85.3 Å². The predicted molar refractivity (Wildman–Crippen MR) is 68.1 cm³/mol. The number of anilines is 2. The van der Waals surface area contributed by atoms with E-state index in [0.717, 1.165) is 25.9 Å². The van der Waals surface area contributed by atoms with Gasteiger partial charge in [0.25, 0.3) is 0 Å². The zero-order chi connectivity index (χ0) is 12.8. The molecule has 1 heterocycles. The molecule has 1 aromatic rings. The molecule has 0 aliphatic heterocycles. The van der Waals surface area contributed by atoms with Crippen LogP contribution in [-0.2, 0) is 0 Å². The molecule has 0 unspecified atom stereocenters. The van der Waals surface area contributed by atoms with Gasteiger partial charge in [-0.3, -0.25) is 10.1 Å². The third-order valence-electron chi connectivity index (χ3n) is 2.36. The zero-order valence-electron chi connectivity index (χ0n) is 10.2. The van der Waals surface area contributed by atoms with Crippen molar-refractivity contribution in [3.05, 3.63) is 22.2 Å². The first-order chi connectivity index (χ1) is 8.10. The fourth-order valence-corrected chi connectivity index (χ4v) is 1.69. The number of nitrogens with two attached hydrogens (primary N) is 1. The van der Waals surface area contributed by atoms with Gasteiger partial charge in [0.2, 0.25) is 5.82 Å². The lowest BCUT2D eigenvalue weighted by atomic mass is 10.3. The average Bonchev–Trinajstić information content (AvgIpc) is 2.28. The van der Waals surface area contributed by atoms with Crippen molar-refractivity contribution in [2.24, 2.45) is 0 Å². The second kappa shape index (κ2) is 6.03. The van der Waals surface area contributed by atoms with Gasteiger partial charge < -0.3 is 10.6 Å². The number of pyridine rings is 1. The molecule has 94 valence electrons. The largest absolute Gasteiger partial charge is 0.384 e. The molecule has 0 atom stereocenters. The Morgan fingerprint density at radius 2 is 1.94 bits per heavy atom. The van der Waals surface area contributed by atoms with Crippen molar-refractivity contribution in [1.29, 1.82) is 0 Å². The summed E-state index contributed by atoms with van der Waals surface area (Å²) < 4.78 is 0. The summed E-state index contributed by atoms with van der Waals surface area (Å²) in [6.07, 6.45) is 1.82. The van der Waals surface area contributed by atoms with Crippen LogP contribution in [0.4, 0.5) is 17.3 Å². The van der Waals surface area contributed by atoms with Crippen LogP contribution in [0.1, 0.15) is 26.7 Å². The Bertz CT molecular complexity index is 389. The maximum absolute atomic E-state index is 10.9. The van der Waals surface area contributed by atoms with E-state index < -0.39 is 4.92 Å². The van der Waals surface area contributed by atoms with E-state index >= 15 is 0 Å². The minimum atomic E-state index is -0.417. The summed E-state index contributed by atoms with van der Waals surface area (Å²) >= 11 is 0. The number of hydrogen-bond acceptors (Lipinski definition) is 5. The first kappa shape index (κ1) is 13.2. The zero-order valence-corrected chi connectivity index (χ0v) is 10.2. The highest BCUT2D eigenvalue weighted by Gasteiger charge is 2.20. The van der Waals surface area contributed by atoms with Gasteiger partial charge in [0, 0.05) is 19.2 Å². The highest BCUT2D eigenvalue weighted by Crippen LogP contribution is 2.27. The van der Waals surface area contributed by atoms with E-state index in [-0.39, 0.29) is 5.69 Å². The molecule has 0 saturated heterocycles. The van der Waals surface area contributed by atoms with Crippen LogP contribution in [0.25, 0.3) is 0 Å².